The molecule has 0 aliphatic heterocycles. The molecule has 0 atom stereocenters. The Kier molecular flexibility index (Phi) is 6.74. The summed E-state index contributed by atoms with van der Waals surface area (Å²) in [6.07, 6.45) is 4.12. The summed E-state index contributed by atoms with van der Waals surface area (Å²) in [4.78, 5) is 34.2. The molecule has 24 heavy (non-hydrogen) atoms. The van der Waals surface area contributed by atoms with Gasteiger partial charge < -0.3 is 15.1 Å². The van der Waals surface area contributed by atoms with Gasteiger partial charge in [-0.1, -0.05) is 12.8 Å². The summed E-state index contributed by atoms with van der Waals surface area (Å²) in [5.74, 6) is 0.0363. The minimum atomic E-state index is -0.172. The molecule has 0 aromatic carbocycles. The number of nitrogens with zero attached hydrogens (tertiary/aromatic N) is 3. The van der Waals surface area contributed by atoms with Gasteiger partial charge in [0.05, 0.1) is 12.2 Å². The number of anilines is 1. The van der Waals surface area contributed by atoms with Crippen LogP contribution >= 0.6 is 11.3 Å². The van der Waals surface area contributed by atoms with Gasteiger partial charge in [-0.15, -0.1) is 11.3 Å². The second kappa shape index (κ2) is 8.58. The van der Waals surface area contributed by atoms with Crippen molar-refractivity contribution in [2.75, 3.05) is 39.0 Å². The third-order valence-electron chi connectivity index (χ3n) is 4.44. The van der Waals surface area contributed by atoms with E-state index in [1.807, 2.05) is 32.8 Å². The number of carbonyl (C=O) groups excluding carboxylic acids is 2. The quantitative estimate of drug-likeness (QED) is 0.818. The number of nitrogens with one attached hydrogen (secondary N) is 1. The van der Waals surface area contributed by atoms with Crippen molar-refractivity contribution in [1.82, 2.24) is 14.8 Å². The predicted octanol–water partition coefficient (Wildman–Crippen LogP) is 2.28. The zero-order valence-corrected chi connectivity index (χ0v) is 15.9. The van der Waals surface area contributed by atoms with Crippen molar-refractivity contribution in [1.29, 1.82) is 0 Å². The van der Waals surface area contributed by atoms with Crippen LogP contribution in [0.15, 0.2) is 0 Å². The maximum absolute atomic E-state index is 12.7. The van der Waals surface area contributed by atoms with Crippen molar-refractivity contribution in [3.05, 3.63) is 10.6 Å². The lowest BCUT2D eigenvalue weighted by molar-refractivity contribution is -0.138. The molecule has 1 heterocycles. The highest BCUT2D eigenvalue weighted by Crippen LogP contribution is 2.26. The van der Waals surface area contributed by atoms with E-state index in [9.17, 15) is 9.59 Å². The highest BCUT2D eigenvalue weighted by Gasteiger charge is 2.28. The summed E-state index contributed by atoms with van der Waals surface area (Å²) in [5.41, 5.74) is 0.932. The van der Waals surface area contributed by atoms with Gasteiger partial charge in [0.2, 0.25) is 11.8 Å². The second-order valence-electron chi connectivity index (χ2n) is 6.75. The molecule has 1 aliphatic carbocycles. The summed E-state index contributed by atoms with van der Waals surface area (Å²) in [7, 11) is 3.94. The van der Waals surface area contributed by atoms with Crippen LogP contribution in [0.1, 0.15) is 36.3 Å². The van der Waals surface area contributed by atoms with Crippen molar-refractivity contribution in [3.63, 3.8) is 0 Å². The predicted molar refractivity (Wildman–Crippen MR) is 97.3 cm³/mol. The molecule has 0 bridgehead atoms. The molecule has 1 N–H and O–H groups in total. The minimum absolute atomic E-state index is 0.0873. The average Bonchev–Trinajstić information content (AvgIpc) is 3.13. The third-order valence-corrected chi connectivity index (χ3v) is 5.43. The van der Waals surface area contributed by atoms with Gasteiger partial charge >= 0.3 is 0 Å². The molecule has 0 unspecified atom stereocenters. The summed E-state index contributed by atoms with van der Waals surface area (Å²) in [6, 6.07) is 0. The van der Waals surface area contributed by atoms with E-state index in [1.54, 1.807) is 4.90 Å². The first-order valence-electron chi connectivity index (χ1n) is 8.54. The molecule has 1 saturated carbocycles. The van der Waals surface area contributed by atoms with Crippen LogP contribution in [-0.4, -0.2) is 60.3 Å². The first kappa shape index (κ1) is 18.9. The fourth-order valence-electron chi connectivity index (χ4n) is 2.88. The van der Waals surface area contributed by atoms with Crippen LogP contribution in [0.25, 0.3) is 0 Å². The number of likely N-dealkylation sites (N-methyl/N-ethyl adjacent to an activating group) is 1. The number of aromatic nitrogens is 1. The first-order chi connectivity index (χ1) is 11.4. The highest BCUT2D eigenvalue weighted by molar-refractivity contribution is 7.15. The number of carbonyl (C=O) groups is 2. The molecule has 1 aromatic heterocycles. The summed E-state index contributed by atoms with van der Waals surface area (Å²) >= 11 is 1.47. The van der Waals surface area contributed by atoms with Gasteiger partial charge in [0.25, 0.3) is 0 Å². The number of aryl methyl sites for hydroxylation is 2. The first-order valence-corrected chi connectivity index (χ1v) is 9.36. The van der Waals surface area contributed by atoms with E-state index < -0.39 is 0 Å². The zero-order valence-electron chi connectivity index (χ0n) is 15.1. The number of amides is 2. The Morgan fingerprint density at radius 1 is 1.21 bits per heavy atom. The molecular formula is C17H28N4O2S. The van der Waals surface area contributed by atoms with Gasteiger partial charge in [-0.05, 0) is 40.8 Å². The zero-order chi connectivity index (χ0) is 17.7. The maximum Gasteiger partial charge on any atom is 0.245 e. The summed E-state index contributed by atoms with van der Waals surface area (Å²) in [6.45, 7) is 5.33. The third kappa shape index (κ3) is 5.27. The average molecular weight is 353 g/mol. The fourth-order valence-corrected chi connectivity index (χ4v) is 3.71. The molecule has 0 radical (unpaired) electrons. The van der Waals surface area contributed by atoms with Gasteiger partial charge in [-0.2, -0.15) is 0 Å². The molecule has 2 rings (SSSR count). The molecule has 0 spiro atoms. The molecule has 2 amide bonds. The molecule has 1 fully saturated rings. The smallest absolute Gasteiger partial charge is 0.245 e. The van der Waals surface area contributed by atoms with Crippen molar-refractivity contribution < 1.29 is 9.59 Å². The Labute approximate surface area is 148 Å². The number of hydrogen-bond acceptors (Lipinski definition) is 5. The van der Waals surface area contributed by atoms with Gasteiger partial charge in [-0.25, -0.2) is 4.98 Å². The Hall–Kier alpha value is -1.47. The largest absolute Gasteiger partial charge is 0.332 e. The number of hydrogen-bond donors (Lipinski definition) is 1. The topological polar surface area (TPSA) is 65.5 Å². The van der Waals surface area contributed by atoms with Crippen LogP contribution in [0.3, 0.4) is 0 Å². The van der Waals surface area contributed by atoms with E-state index in [-0.39, 0.29) is 24.3 Å². The van der Waals surface area contributed by atoms with Crippen LogP contribution in [0, 0.1) is 19.8 Å². The Balaban J connectivity index is 1.97. The van der Waals surface area contributed by atoms with Crippen molar-refractivity contribution in [2.24, 2.45) is 5.92 Å². The molecule has 7 heteroatoms. The van der Waals surface area contributed by atoms with E-state index in [1.165, 1.54) is 11.3 Å². The van der Waals surface area contributed by atoms with E-state index >= 15 is 0 Å². The lowest BCUT2D eigenvalue weighted by atomic mass is 10.1. The van der Waals surface area contributed by atoms with Gasteiger partial charge in [0.1, 0.15) is 0 Å². The van der Waals surface area contributed by atoms with Gasteiger partial charge in [0.15, 0.2) is 5.13 Å². The van der Waals surface area contributed by atoms with Crippen molar-refractivity contribution in [2.45, 2.75) is 39.5 Å². The van der Waals surface area contributed by atoms with E-state index in [0.29, 0.717) is 11.7 Å². The molecule has 6 nitrogen and oxygen atoms in total. The fraction of sp³-hybridized carbons (Fsp3) is 0.706. The maximum atomic E-state index is 12.7. The standard InChI is InChI=1S/C17H28N4O2S/c1-12-13(2)24-17(18-12)19-15(22)11-21(10-9-20(3)4)16(23)14-7-5-6-8-14/h14H,5-11H2,1-4H3,(H,18,19,22). The lowest BCUT2D eigenvalue weighted by Crippen LogP contribution is -2.43. The number of thiazole rings is 1. The van der Waals surface area contributed by atoms with E-state index in [4.69, 9.17) is 0 Å². The van der Waals surface area contributed by atoms with Crippen LogP contribution in [0.4, 0.5) is 5.13 Å². The van der Waals surface area contributed by atoms with E-state index in [0.717, 1.165) is 42.8 Å². The van der Waals surface area contributed by atoms with Crippen LogP contribution in [0.5, 0.6) is 0 Å². The minimum Gasteiger partial charge on any atom is -0.332 e. The van der Waals surface area contributed by atoms with Crippen molar-refractivity contribution >= 4 is 28.3 Å². The second-order valence-corrected chi connectivity index (χ2v) is 7.96. The van der Waals surface area contributed by atoms with Crippen LogP contribution < -0.4 is 5.32 Å². The molecule has 134 valence electrons. The van der Waals surface area contributed by atoms with Crippen LogP contribution in [-0.2, 0) is 9.59 Å². The number of rotatable bonds is 7. The van der Waals surface area contributed by atoms with Gasteiger partial charge in [0, 0.05) is 23.9 Å². The molecule has 0 saturated heterocycles. The summed E-state index contributed by atoms with van der Waals surface area (Å²) < 4.78 is 0. The summed E-state index contributed by atoms with van der Waals surface area (Å²) in [5, 5.41) is 3.44. The molecule has 1 aromatic rings. The Bertz CT molecular complexity index is 560. The normalized spacial score (nSPS) is 15.0. The molecule has 1 aliphatic rings. The monoisotopic (exact) mass is 352 g/mol. The highest BCUT2D eigenvalue weighted by atomic mass is 32.1. The van der Waals surface area contributed by atoms with E-state index in [2.05, 4.69) is 10.3 Å². The molecular weight excluding hydrogens is 324 g/mol. The SMILES string of the molecule is Cc1nc(NC(=O)CN(CCN(C)C)C(=O)C2CCCC2)sc1C. The Morgan fingerprint density at radius 2 is 1.88 bits per heavy atom. The Morgan fingerprint density at radius 3 is 2.42 bits per heavy atom. The van der Waals surface area contributed by atoms with Crippen LogP contribution in [0.2, 0.25) is 0 Å². The lowest BCUT2D eigenvalue weighted by Gasteiger charge is -2.26. The van der Waals surface area contributed by atoms with Crippen molar-refractivity contribution in [3.8, 4) is 0 Å². The van der Waals surface area contributed by atoms with Gasteiger partial charge in [-0.3, -0.25) is 9.59 Å².